The minimum absolute atomic E-state index is 0.0645. The Bertz CT molecular complexity index is 628. The molecule has 4 heteroatoms. The third-order valence-corrected chi connectivity index (χ3v) is 3.94. The summed E-state index contributed by atoms with van der Waals surface area (Å²) < 4.78 is 5.90. The van der Waals surface area contributed by atoms with E-state index in [4.69, 9.17) is 4.74 Å². The largest absolute Gasteiger partial charge is 0.480 e. The summed E-state index contributed by atoms with van der Waals surface area (Å²) in [5.74, 6) is 0.742. The quantitative estimate of drug-likeness (QED) is 0.771. The molecule has 4 nitrogen and oxygen atoms in total. The van der Waals surface area contributed by atoms with Gasteiger partial charge < -0.3 is 9.84 Å². The summed E-state index contributed by atoms with van der Waals surface area (Å²) in [4.78, 5) is 11.4. The molecule has 0 unspecified atom stereocenters. The SMILES string of the molecule is CC[C@H](C)[C@H](NCc1ccccc1Oc1ccccc1)C(=O)O. The Balaban J connectivity index is 2.09. The number of rotatable bonds is 8. The number of ether oxygens (including phenoxy) is 1. The van der Waals surface area contributed by atoms with Gasteiger partial charge in [0, 0.05) is 12.1 Å². The Labute approximate surface area is 137 Å². The van der Waals surface area contributed by atoms with Crippen LogP contribution in [0.1, 0.15) is 25.8 Å². The van der Waals surface area contributed by atoms with Crippen LogP contribution < -0.4 is 10.1 Å². The average molecular weight is 313 g/mol. The van der Waals surface area contributed by atoms with Crippen LogP contribution in [0.25, 0.3) is 0 Å². The van der Waals surface area contributed by atoms with Crippen molar-refractivity contribution in [2.75, 3.05) is 0 Å². The second kappa shape index (κ2) is 8.34. The number of carboxylic acid groups (broad SMARTS) is 1. The van der Waals surface area contributed by atoms with Crippen molar-refractivity contribution >= 4 is 5.97 Å². The van der Waals surface area contributed by atoms with Gasteiger partial charge in [-0.25, -0.2) is 0 Å². The number of para-hydroxylation sites is 2. The summed E-state index contributed by atoms with van der Waals surface area (Å²) in [5, 5.41) is 12.5. The lowest BCUT2D eigenvalue weighted by Gasteiger charge is -2.21. The van der Waals surface area contributed by atoms with E-state index in [1.54, 1.807) is 0 Å². The normalized spacial score (nSPS) is 13.3. The first-order valence-electron chi connectivity index (χ1n) is 7.88. The Morgan fingerprint density at radius 3 is 2.43 bits per heavy atom. The van der Waals surface area contributed by atoms with E-state index in [1.165, 1.54) is 0 Å². The molecule has 122 valence electrons. The Morgan fingerprint density at radius 2 is 1.78 bits per heavy atom. The van der Waals surface area contributed by atoms with Gasteiger partial charge >= 0.3 is 5.97 Å². The summed E-state index contributed by atoms with van der Waals surface area (Å²) in [6.45, 7) is 4.39. The summed E-state index contributed by atoms with van der Waals surface area (Å²) in [5.41, 5.74) is 0.936. The fraction of sp³-hybridized carbons (Fsp3) is 0.316. The third kappa shape index (κ3) is 4.83. The van der Waals surface area contributed by atoms with Gasteiger partial charge in [0.05, 0.1) is 0 Å². The topological polar surface area (TPSA) is 58.6 Å². The van der Waals surface area contributed by atoms with Crippen molar-refractivity contribution in [1.29, 1.82) is 0 Å². The van der Waals surface area contributed by atoms with Gasteiger partial charge in [-0.3, -0.25) is 10.1 Å². The maximum absolute atomic E-state index is 11.4. The highest BCUT2D eigenvalue weighted by Gasteiger charge is 2.23. The van der Waals surface area contributed by atoms with E-state index in [9.17, 15) is 9.90 Å². The van der Waals surface area contributed by atoms with Gasteiger partial charge in [0.1, 0.15) is 17.5 Å². The first-order valence-corrected chi connectivity index (χ1v) is 7.88. The first-order chi connectivity index (χ1) is 11.1. The molecule has 0 radical (unpaired) electrons. The summed E-state index contributed by atoms with van der Waals surface area (Å²) in [7, 11) is 0. The number of aliphatic carboxylic acids is 1. The molecular weight excluding hydrogens is 290 g/mol. The van der Waals surface area contributed by atoms with Crippen LogP contribution in [0.2, 0.25) is 0 Å². The van der Waals surface area contributed by atoms with E-state index in [-0.39, 0.29) is 5.92 Å². The lowest BCUT2D eigenvalue weighted by atomic mass is 9.99. The zero-order valence-corrected chi connectivity index (χ0v) is 13.5. The molecule has 0 heterocycles. The zero-order chi connectivity index (χ0) is 16.7. The molecule has 2 atom stereocenters. The van der Waals surface area contributed by atoms with Crippen molar-refractivity contribution in [3.8, 4) is 11.5 Å². The standard InChI is InChI=1S/C19H23NO3/c1-3-14(2)18(19(21)22)20-13-15-9-7-8-12-17(15)23-16-10-5-4-6-11-16/h4-12,14,18,20H,3,13H2,1-2H3,(H,21,22)/t14-,18-/m0/s1. The zero-order valence-electron chi connectivity index (χ0n) is 13.5. The number of carbonyl (C=O) groups is 1. The Kier molecular flexibility index (Phi) is 6.18. The molecule has 2 aromatic carbocycles. The second-order valence-corrected chi connectivity index (χ2v) is 5.61. The molecule has 23 heavy (non-hydrogen) atoms. The molecule has 0 spiro atoms. The van der Waals surface area contributed by atoms with Crippen LogP contribution in [0.5, 0.6) is 11.5 Å². The molecule has 0 aliphatic heterocycles. The van der Waals surface area contributed by atoms with Crippen LogP contribution >= 0.6 is 0 Å². The van der Waals surface area contributed by atoms with E-state index in [0.717, 1.165) is 23.5 Å². The Morgan fingerprint density at radius 1 is 1.13 bits per heavy atom. The third-order valence-electron chi connectivity index (χ3n) is 3.94. The van der Waals surface area contributed by atoms with Gasteiger partial charge in [0.2, 0.25) is 0 Å². The summed E-state index contributed by atoms with van der Waals surface area (Å²) >= 11 is 0. The fourth-order valence-electron chi connectivity index (χ4n) is 2.35. The molecule has 0 fully saturated rings. The molecule has 0 bridgehead atoms. The molecule has 2 N–H and O–H groups in total. The lowest BCUT2D eigenvalue weighted by Crippen LogP contribution is -2.41. The van der Waals surface area contributed by atoms with Crippen LogP contribution in [-0.2, 0) is 11.3 Å². The second-order valence-electron chi connectivity index (χ2n) is 5.61. The van der Waals surface area contributed by atoms with Crippen molar-refractivity contribution in [2.24, 2.45) is 5.92 Å². The van der Waals surface area contributed by atoms with Gasteiger partial charge in [-0.05, 0) is 24.1 Å². The minimum atomic E-state index is -0.819. The van der Waals surface area contributed by atoms with Crippen LogP contribution in [0.3, 0.4) is 0 Å². The average Bonchev–Trinajstić information content (AvgIpc) is 2.57. The summed E-state index contributed by atoms with van der Waals surface area (Å²) in [6, 6.07) is 16.7. The molecule has 0 saturated heterocycles. The molecule has 2 aromatic rings. The highest BCUT2D eigenvalue weighted by atomic mass is 16.5. The van der Waals surface area contributed by atoms with E-state index in [1.807, 2.05) is 68.4 Å². The van der Waals surface area contributed by atoms with Crippen LogP contribution in [0, 0.1) is 5.92 Å². The van der Waals surface area contributed by atoms with Crippen molar-refractivity contribution in [2.45, 2.75) is 32.9 Å². The maximum atomic E-state index is 11.4. The molecular formula is C19H23NO3. The fourth-order valence-corrected chi connectivity index (χ4v) is 2.35. The Hall–Kier alpha value is -2.33. The molecule has 0 aromatic heterocycles. The highest BCUT2D eigenvalue weighted by molar-refractivity contribution is 5.73. The molecule has 0 aliphatic rings. The summed E-state index contributed by atoms with van der Waals surface area (Å²) in [6.07, 6.45) is 0.812. The van der Waals surface area contributed by atoms with Gasteiger partial charge in [-0.1, -0.05) is 56.7 Å². The number of carboxylic acids is 1. The van der Waals surface area contributed by atoms with Gasteiger partial charge in [-0.15, -0.1) is 0 Å². The molecule has 0 aliphatic carbocycles. The molecule has 0 saturated carbocycles. The smallest absolute Gasteiger partial charge is 0.320 e. The predicted octanol–water partition coefficient (Wildman–Crippen LogP) is 4.07. The van der Waals surface area contributed by atoms with Crippen molar-refractivity contribution < 1.29 is 14.6 Å². The van der Waals surface area contributed by atoms with E-state index in [0.29, 0.717) is 6.54 Å². The number of hydrogen-bond donors (Lipinski definition) is 2. The molecule has 2 rings (SSSR count). The van der Waals surface area contributed by atoms with Crippen molar-refractivity contribution in [3.05, 3.63) is 60.2 Å². The van der Waals surface area contributed by atoms with Crippen LogP contribution in [0.15, 0.2) is 54.6 Å². The van der Waals surface area contributed by atoms with E-state index < -0.39 is 12.0 Å². The number of benzene rings is 2. The van der Waals surface area contributed by atoms with E-state index >= 15 is 0 Å². The first kappa shape index (κ1) is 17.0. The van der Waals surface area contributed by atoms with Gasteiger partial charge in [-0.2, -0.15) is 0 Å². The minimum Gasteiger partial charge on any atom is -0.480 e. The van der Waals surface area contributed by atoms with Gasteiger partial charge in [0.15, 0.2) is 0 Å². The molecule has 0 amide bonds. The maximum Gasteiger partial charge on any atom is 0.320 e. The van der Waals surface area contributed by atoms with Gasteiger partial charge in [0.25, 0.3) is 0 Å². The van der Waals surface area contributed by atoms with Crippen LogP contribution in [0.4, 0.5) is 0 Å². The lowest BCUT2D eigenvalue weighted by molar-refractivity contribution is -0.140. The van der Waals surface area contributed by atoms with Crippen LogP contribution in [-0.4, -0.2) is 17.1 Å². The number of hydrogen-bond acceptors (Lipinski definition) is 3. The predicted molar refractivity (Wildman–Crippen MR) is 90.7 cm³/mol. The monoisotopic (exact) mass is 313 g/mol. The number of nitrogens with one attached hydrogen (secondary N) is 1. The highest BCUT2D eigenvalue weighted by Crippen LogP contribution is 2.25. The van der Waals surface area contributed by atoms with Crippen molar-refractivity contribution in [1.82, 2.24) is 5.32 Å². The van der Waals surface area contributed by atoms with E-state index in [2.05, 4.69) is 5.32 Å². The van der Waals surface area contributed by atoms with Crippen molar-refractivity contribution in [3.63, 3.8) is 0 Å².